The van der Waals surface area contributed by atoms with Crippen molar-refractivity contribution in [1.29, 1.82) is 0 Å². The summed E-state index contributed by atoms with van der Waals surface area (Å²) in [6.07, 6.45) is 0. The number of fused-ring (bicyclic) bond motifs is 1. The number of thiophene rings is 1. The molecule has 0 atom stereocenters. The van der Waals surface area contributed by atoms with Gasteiger partial charge in [-0.2, -0.15) is 0 Å². The molecule has 0 saturated heterocycles. The van der Waals surface area contributed by atoms with Gasteiger partial charge in [0.1, 0.15) is 5.00 Å². The topological polar surface area (TPSA) is 55.4 Å². The van der Waals surface area contributed by atoms with E-state index in [1.54, 1.807) is 6.07 Å². The zero-order valence-electron chi connectivity index (χ0n) is 13.7. The molecule has 0 aliphatic heterocycles. The molecule has 0 fully saturated rings. The molecule has 0 unspecified atom stereocenters. The number of ether oxygens (including phenoxy) is 1. The lowest BCUT2D eigenvalue weighted by Gasteiger charge is -2.07. The van der Waals surface area contributed by atoms with Crippen molar-refractivity contribution in [2.24, 2.45) is 0 Å². The number of esters is 1. The summed E-state index contributed by atoms with van der Waals surface area (Å²) in [7, 11) is 1.34. The summed E-state index contributed by atoms with van der Waals surface area (Å²) in [6.45, 7) is 3.77. The summed E-state index contributed by atoms with van der Waals surface area (Å²) >= 11 is 1.38. The number of aryl methyl sites for hydroxylation is 1. The predicted octanol–water partition coefficient (Wildman–Crippen LogP) is 4.56. The Morgan fingerprint density at radius 3 is 2.46 bits per heavy atom. The third kappa shape index (κ3) is 2.90. The molecule has 122 valence electrons. The highest BCUT2D eigenvalue weighted by atomic mass is 32.1. The Morgan fingerprint density at radius 2 is 1.75 bits per heavy atom. The maximum Gasteiger partial charge on any atom is 0.341 e. The van der Waals surface area contributed by atoms with Crippen molar-refractivity contribution in [3.63, 3.8) is 0 Å². The second-order valence-corrected chi connectivity index (χ2v) is 6.72. The van der Waals surface area contributed by atoms with Gasteiger partial charge in [0.15, 0.2) is 0 Å². The van der Waals surface area contributed by atoms with Crippen LogP contribution in [0.25, 0.3) is 10.8 Å². The van der Waals surface area contributed by atoms with E-state index in [1.807, 2.05) is 50.2 Å². The van der Waals surface area contributed by atoms with E-state index in [4.69, 9.17) is 4.74 Å². The maximum absolute atomic E-state index is 12.6. The molecule has 1 heterocycles. The Morgan fingerprint density at radius 1 is 1.04 bits per heavy atom. The lowest BCUT2D eigenvalue weighted by Crippen LogP contribution is -2.14. The summed E-state index contributed by atoms with van der Waals surface area (Å²) in [5.41, 5.74) is 1.81. The van der Waals surface area contributed by atoms with Gasteiger partial charge in [0.2, 0.25) is 0 Å². The first kappa shape index (κ1) is 16.2. The second-order valence-electron chi connectivity index (χ2n) is 5.50. The van der Waals surface area contributed by atoms with Gasteiger partial charge in [-0.1, -0.05) is 30.3 Å². The minimum Gasteiger partial charge on any atom is -0.465 e. The van der Waals surface area contributed by atoms with E-state index < -0.39 is 5.97 Å². The van der Waals surface area contributed by atoms with E-state index in [0.29, 0.717) is 16.1 Å². The molecule has 1 N–H and O–H groups in total. The van der Waals surface area contributed by atoms with Gasteiger partial charge in [0.05, 0.1) is 12.7 Å². The third-order valence-corrected chi connectivity index (χ3v) is 5.14. The van der Waals surface area contributed by atoms with Crippen LogP contribution in [0.1, 0.15) is 31.2 Å². The zero-order chi connectivity index (χ0) is 17.3. The van der Waals surface area contributed by atoms with Gasteiger partial charge in [0, 0.05) is 10.4 Å². The van der Waals surface area contributed by atoms with Crippen LogP contribution < -0.4 is 5.32 Å². The Bertz CT molecular complexity index is 943. The fourth-order valence-electron chi connectivity index (χ4n) is 2.57. The van der Waals surface area contributed by atoms with Crippen molar-refractivity contribution in [2.45, 2.75) is 13.8 Å². The first-order valence-electron chi connectivity index (χ1n) is 7.49. The number of rotatable bonds is 3. The van der Waals surface area contributed by atoms with Crippen LogP contribution in [0.4, 0.5) is 5.00 Å². The van der Waals surface area contributed by atoms with E-state index in [1.165, 1.54) is 18.4 Å². The molecule has 1 amide bonds. The van der Waals surface area contributed by atoms with Crippen LogP contribution in [-0.2, 0) is 4.74 Å². The molecule has 24 heavy (non-hydrogen) atoms. The summed E-state index contributed by atoms with van der Waals surface area (Å²) in [5, 5.41) is 5.44. The molecular formula is C19H17NO3S. The van der Waals surface area contributed by atoms with Crippen molar-refractivity contribution in [3.8, 4) is 0 Å². The lowest BCUT2D eigenvalue weighted by atomic mass is 10.1. The fourth-order valence-corrected chi connectivity index (χ4v) is 3.61. The number of hydrogen-bond acceptors (Lipinski definition) is 4. The summed E-state index contributed by atoms with van der Waals surface area (Å²) in [4.78, 5) is 25.6. The van der Waals surface area contributed by atoms with Gasteiger partial charge in [-0.15, -0.1) is 11.3 Å². The molecular weight excluding hydrogens is 322 g/mol. The monoisotopic (exact) mass is 339 g/mol. The van der Waals surface area contributed by atoms with E-state index in [2.05, 4.69) is 5.32 Å². The number of amides is 1. The van der Waals surface area contributed by atoms with Gasteiger partial charge in [-0.05, 0) is 42.3 Å². The van der Waals surface area contributed by atoms with Crippen LogP contribution in [0.2, 0.25) is 0 Å². The smallest absolute Gasteiger partial charge is 0.341 e. The fraction of sp³-hybridized carbons (Fsp3) is 0.158. The van der Waals surface area contributed by atoms with Crippen LogP contribution >= 0.6 is 11.3 Å². The van der Waals surface area contributed by atoms with Gasteiger partial charge >= 0.3 is 5.97 Å². The molecule has 3 rings (SSSR count). The Labute approximate surface area is 144 Å². The number of benzene rings is 2. The molecule has 0 spiro atoms. The maximum atomic E-state index is 12.6. The number of carbonyl (C=O) groups excluding carboxylic acids is 2. The average Bonchev–Trinajstić information content (AvgIpc) is 2.87. The quantitative estimate of drug-likeness (QED) is 0.712. The standard InChI is InChI=1S/C19H17NO3S/c1-11-12(2)24-18(16(11)19(22)23-3)20-17(21)15-9-8-13-6-4-5-7-14(13)10-15/h4-10H,1-3H3,(H,20,21). The summed E-state index contributed by atoms with van der Waals surface area (Å²) in [6, 6.07) is 13.4. The highest BCUT2D eigenvalue weighted by Gasteiger charge is 2.22. The molecule has 1 aromatic heterocycles. The van der Waals surface area contributed by atoms with Crippen LogP contribution in [0.5, 0.6) is 0 Å². The molecule has 0 aliphatic rings. The number of nitrogens with one attached hydrogen (secondary N) is 1. The number of hydrogen-bond donors (Lipinski definition) is 1. The van der Waals surface area contributed by atoms with Gasteiger partial charge in [0.25, 0.3) is 5.91 Å². The highest BCUT2D eigenvalue weighted by molar-refractivity contribution is 7.16. The minimum absolute atomic E-state index is 0.243. The highest BCUT2D eigenvalue weighted by Crippen LogP contribution is 2.33. The van der Waals surface area contributed by atoms with Crippen LogP contribution in [-0.4, -0.2) is 19.0 Å². The SMILES string of the molecule is COC(=O)c1c(NC(=O)c2ccc3ccccc3c2)sc(C)c1C. The predicted molar refractivity (Wildman–Crippen MR) is 97.0 cm³/mol. The van der Waals surface area contributed by atoms with Gasteiger partial charge in [-0.3, -0.25) is 4.79 Å². The normalized spacial score (nSPS) is 10.6. The Hall–Kier alpha value is -2.66. The van der Waals surface area contributed by atoms with E-state index in [-0.39, 0.29) is 5.91 Å². The Balaban J connectivity index is 1.94. The van der Waals surface area contributed by atoms with Crippen molar-refractivity contribution in [2.75, 3.05) is 12.4 Å². The van der Waals surface area contributed by atoms with Crippen molar-refractivity contribution >= 4 is 39.0 Å². The third-order valence-electron chi connectivity index (χ3n) is 4.01. The van der Waals surface area contributed by atoms with E-state index in [0.717, 1.165) is 21.2 Å². The molecule has 4 nitrogen and oxygen atoms in total. The number of carbonyl (C=O) groups is 2. The van der Waals surface area contributed by atoms with Gasteiger partial charge in [-0.25, -0.2) is 4.79 Å². The van der Waals surface area contributed by atoms with Gasteiger partial charge < -0.3 is 10.1 Å². The lowest BCUT2D eigenvalue weighted by molar-refractivity contribution is 0.0601. The molecule has 2 aromatic carbocycles. The Kier molecular flexibility index (Phi) is 4.36. The molecule has 3 aromatic rings. The van der Waals surface area contributed by atoms with E-state index >= 15 is 0 Å². The zero-order valence-corrected chi connectivity index (χ0v) is 14.5. The molecule has 0 radical (unpaired) electrons. The first-order chi connectivity index (χ1) is 11.5. The first-order valence-corrected chi connectivity index (χ1v) is 8.31. The van der Waals surface area contributed by atoms with Crippen LogP contribution in [0.3, 0.4) is 0 Å². The van der Waals surface area contributed by atoms with Crippen LogP contribution in [0.15, 0.2) is 42.5 Å². The van der Waals surface area contributed by atoms with Crippen molar-refractivity contribution < 1.29 is 14.3 Å². The summed E-state index contributed by atoms with van der Waals surface area (Å²) < 4.78 is 4.83. The van der Waals surface area contributed by atoms with Crippen molar-refractivity contribution in [1.82, 2.24) is 0 Å². The largest absolute Gasteiger partial charge is 0.465 e. The molecule has 0 saturated carbocycles. The van der Waals surface area contributed by atoms with Crippen LogP contribution in [0, 0.1) is 13.8 Å². The second kappa shape index (κ2) is 6.45. The molecule has 5 heteroatoms. The molecule has 0 bridgehead atoms. The van der Waals surface area contributed by atoms with E-state index in [9.17, 15) is 9.59 Å². The summed E-state index contributed by atoms with van der Waals surface area (Å²) in [5.74, 6) is -0.683. The van der Waals surface area contributed by atoms with Crippen molar-refractivity contribution in [3.05, 3.63) is 64.0 Å². The minimum atomic E-state index is -0.439. The number of methoxy groups -OCH3 is 1. The average molecular weight is 339 g/mol. The number of anilines is 1. The molecule has 0 aliphatic carbocycles.